The average molecular weight is 739 g/mol. The minimum Gasteiger partial charge on any atom is -0.478 e. The van der Waals surface area contributed by atoms with Gasteiger partial charge < -0.3 is 15.3 Å². The number of allylic oxidation sites excluding steroid dienone is 3. The highest BCUT2D eigenvalue weighted by molar-refractivity contribution is 5.88. The van der Waals surface area contributed by atoms with Crippen LogP contribution < -0.4 is 5.32 Å². The topological polar surface area (TPSA) is 69.6 Å². The van der Waals surface area contributed by atoms with Gasteiger partial charge in [-0.25, -0.2) is 18.0 Å². The summed E-state index contributed by atoms with van der Waals surface area (Å²) in [7, 11) is 0. The molecule has 0 spiro atoms. The van der Waals surface area contributed by atoms with Crippen molar-refractivity contribution in [2.24, 2.45) is 51.2 Å². The van der Waals surface area contributed by atoms with Gasteiger partial charge in [0.1, 0.15) is 5.82 Å². The summed E-state index contributed by atoms with van der Waals surface area (Å²) >= 11 is 0. The number of carbonyl (C=O) groups is 2. The number of carboxylic acid groups (broad SMARTS) is 1. The highest BCUT2D eigenvalue weighted by atomic mass is 19.3. The van der Waals surface area contributed by atoms with Crippen molar-refractivity contribution in [3.8, 4) is 0 Å². The van der Waals surface area contributed by atoms with Crippen LogP contribution in [0, 0.1) is 57.1 Å². The second-order valence-corrected chi connectivity index (χ2v) is 19.2. The Morgan fingerprint density at radius 3 is 2.38 bits per heavy atom. The molecule has 0 aromatic heterocycles. The maximum absolute atomic E-state index is 15.6. The van der Waals surface area contributed by atoms with Crippen LogP contribution in [-0.4, -0.2) is 54.0 Å². The van der Waals surface area contributed by atoms with E-state index in [-0.39, 0.29) is 46.0 Å². The molecule has 2 N–H and O–H groups in total. The Labute approximate surface area is 316 Å². The minimum atomic E-state index is -2.57. The van der Waals surface area contributed by atoms with Crippen LogP contribution in [0.25, 0.3) is 5.57 Å². The van der Waals surface area contributed by atoms with Crippen molar-refractivity contribution >= 4 is 17.4 Å². The molecule has 1 amide bonds. The van der Waals surface area contributed by atoms with Crippen molar-refractivity contribution in [2.75, 3.05) is 26.2 Å². The average Bonchev–Trinajstić information content (AvgIpc) is 3.46. The molecule has 5 nitrogen and oxygen atoms in total. The number of piperidine rings is 1. The van der Waals surface area contributed by atoms with E-state index in [2.05, 4.69) is 64.4 Å². The lowest BCUT2D eigenvalue weighted by molar-refractivity contribution is -0.152. The quantitative estimate of drug-likeness (QED) is 0.222. The summed E-state index contributed by atoms with van der Waals surface area (Å²) in [6.45, 7) is 20.1. The van der Waals surface area contributed by atoms with Gasteiger partial charge in [-0.2, -0.15) is 0 Å². The summed E-state index contributed by atoms with van der Waals surface area (Å²) in [5, 5.41) is 12.8. The fourth-order valence-corrected chi connectivity index (χ4v) is 12.9. The first-order valence-corrected chi connectivity index (χ1v) is 20.6. The van der Waals surface area contributed by atoms with E-state index in [0.29, 0.717) is 61.3 Å². The number of aromatic carboxylic acids is 1. The van der Waals surface area contributed by atoms with E-state index in [1.807, 2.05) is 0 Å². The SMILES string of the molecule is C=C(C)C[C@@H]1CC[C@]2(C(=O)NCCN3CCC(F)(F)CC3)CC[C@@]3(C)CC([C@@]4(C)CC=C(c5ccc(C(=O)O)cc5F)C(C)(C)[C@@H]4CCC)CC[C@@H]3[C@@H]12. The zero-order valence-corrected chi connectivity index (χ0v) is 33.3. The van der Waals surface area contributed by atoms with Crippen molar-refractivity contribution < 1.29 is 27.9 Å². The molecule has 8 atom stereocenters. The number of hydrogen-bond acceptors (Lipinski definition) is 3. The van der Waals surface area contributed by atoms with Gasteiger partial charge in [-0.3, -0.25) is 4.79 Å². The lowest BCUT2D eigenvalue weighted by atomic mass is 9.43. The highest BCUT2D eigenvalue weighted by Crippen LogP contribution is 2.70. The standard InChI is InChI=1S/C45H65F3N2O3/c1-8-9-37-41(4,5)34(33-12-10-31(39(51)52)27-36(33)46)15-16-43(37,7)32-11-13-35-38-30(26-29(2)3)14-17-44(38,19-18-42(35,6)28-32)40(53)49-22-25-50-23-20-45(47,48)21-24-50/h10,12,15,27,30,32,35,37-38H,2,8-9,11,13-14,16-26,28H2,1,3-7H3,(H,49,53)(H,51,52)/t30-,32?,35+,37-,38+,42-,43+,44-/m0/s1. The summed E-state index contributed by atoms with van der Waals surface area (Å²) in [5.41, 5.74) is 2.10. The van der Waals surface area contributed by atoms with Gasteiger partial charge in [-0.05, 0) is 135 Å². The number of benzene rings is 1. The summed E-state index contributed by atoms with van der Waals surface area (Å²) in [4.78, 5) is 28.0. The number of rotatable bonds is 11. The smallest absolute Gasteiger partial charge is 0.335 e. The van der Waals surface area contributed by atoms with Crippen molar-refractivity contribution in [1.82, 2.24) is 10.2 Å². The Morgan fingerprint density at radius 1 is 1.02 bits per heavy atom. The summed E-state index contributed by atoms with van der Waals surface area (Å²) in [6, 6.07) is 4.34. The second-order valence-electron chi connectivity index (χ2n) is 19.2. The summed E-state index contributed by atoms with van der Waals surface area (Å²) in [5.74, 6) is -1.96. The zero-order valence-electron chi connectivity index (χ0n) is 33.3. The molecule has 1 saturated heterocycles. The monoisotopic (exact) mass is 738 g/mol. The maximum Gasteiger partial charge on any atom is 0.335 e. The van der Waals surface area contributed by atoms with E-state index in [1.54, 1.807) is 6.07 Å². The summed E-state index contributed by atoms with van der Waals surface area (Å²) in [6.07, 6.45) is 13.2. The van der Waals surface area contributed by atoms with Gasteiger partial charge in [0.2, 0.25) is 5.91 Å². The Balaban J connectivity index is 1.23. The lowest BCUT2D eigenvalue weighted by Crippen LogP contribution is -2.57. The van der Waals surface area contributed by atoms with Crippen LogP contribution in [-0.2, 0) is 4.79 Å². The van der Waals surface area contributed by atoms with Crippen LogP contribution in [0.3, 0.4) is 0 Å². The number of likely N-dealkylation sites (tertiary alicyclic amines) is 1. The van der Waals surface area contributed by atoms with Gasteiger partial charge in [-0.1, -0.05) is 58.8 Å². The Bertz CT molecular complexity index is 1590. The Kier molecular flexibility index (Phi) is 11.2. The van der Waals surface area contributed by atoms with Crippen molar-refractivity contribution in [2.45, 2.75) is 131 Å². The third-order valence-electron chi connectivity index (χ3n) is 15.6. The van der Waals surface area contributed by atoms with Crippen LogP contribution in [0.2, 0.25) is 0 Å². The van der Waals surface area contributed by atoms with Gasteiger partial charge in [0.25, 0.3) is 5.92 Å². The molecular formula is C45H65F3N2O3. The fraction of sp³-hybridized carbons (Fsp3) is 0.733. The molecule has 3 saturated carbocycles. The largest absolute Gasteiger partial charge is 0.478 e. The van der Waals surface area contributed by atoms with Crippen molar-refractivity contribution in [1.29, 1.82) is 0 Å². The fourth-order valence-electron chi connectivity index (χ4n) is 12.9. The number of nitrogens with one attached hydrogen (secondary N) is 1. The normalized spacial score (nSPS) is 36.5. The molecule has 1 unspecified atom stereocenters. The highest BCUT2D eigenvalue weighted by Gasteiger charge is 2.64. The minimum absolute atomic E-state index is 0.0194. The van der Waals surface area contributed by atoms with Gasteiger partial charge in [0, 0.05) is 44.6 Å². The molecule has 1 aliphatic heterocycles. The van der Waals surface area contributed by atoms with Gasteiger partial charge in [-0.15, -0.1) is 6.58 Å². The van der Waals surface area contributed by atoms with Crippen LogP contribution in [0.15, 0.2) is 36.4 Å². The van der Waals surface area contributed by atoms with Crippen LogP contribution in [0.4, 0.5) is 13.2 Å². The number of amides is 1. The molecular weight excluding hydrogens is 674 g/mol. The number of carboxylic acids is 1. The van der Waals surface area contributed by atoms with Gasteiger partial charge in [0.05, 0.1) is 11.0 Å². The number of halogens is 3. The molecule has 0 radical (unpaired) electrons. The number of hydrogen-bond donors (Lipinski definition) is 2. The Hall–Kier alpha value is -2.61. The van der Waals surface area contributed by atoms with Crippen molar-refractivity contribution in [3.05, 3.63) is 53.4 Å². The third kappa shape index (κ3) is 7.40. The first-order valence-electron chi connectivity index (χ1n) is 20.6. The number of nitrogens with zero attached hydrogens (tertiary/aromatic N) is 1. The van der Waals surface area contributed by atoms with E-state index in [0.717, 1.165) is 82.3 Å². The van der Waals surface area contributed by atoms with Gasteiger partial charge in [0.15, 0.2) is 0 Å². The molecule has 4 fully saturated rings. The predicted octanol–water partition coefficient (Wildman–Crippen LogP) is 10.8. The number of alkyl halides is 2. The van der Waals surface area contributed by atoms with Crippen LogP contribution in [0.1, 0.15) is 141 Å². The molecule has 0 bridgehead atoms. The molecule has 1 aromatic rings. The van der Waals surface area contributed by atoms with E-state index in [4.69, 9.17) is 0 Å². The van der Waals surface area contributed by atoms with Gasteiger partial charge >= 0.3 is 5.97 Å². The van der Waals surface area contributed by atoms with E-state index in [1.165, 1.54) is 11.6 Å². The second kappa shape index (κ2) is 14.8. The van der Waals surface area contributed by atoms with E-state index >= 15 is 4.39 Å². The molecule has 5 aliphatic rings. The summed E-state index contributed by atoms with van der Waals surface area (Å²) < 4.78 is 43.0. The van der Waals surface area contributed by atoms with E-state index < -0.39 is 17.7 Å². The zero-order chi connectivity index (χ0) is 38.6. The first-order chi connectivity index (χ1) is 24.9. The third-order valence-corrected chi connectivity index (χ3v) is 15.6. The first kappa shape index (κ1) is 40.1. The van der Waals surface area contributed by atoms with Crippen molar-refractivity contribution in [3.63, 3.8) is 0 Å². The molecule has 53 heavy (non-hydrogen) atoms. The van der Waals surface area contributed by atoms with Crippen LogP contribution in [0.5, 0.6) is 0 Å². The lowest BCUT2D eigenvalue weighted by Gasteiger charge is -2.62. The van der Waals surface area contributed by atoms with E-state index in [9.17, 15) is 23.5 Å². The number of carbonyl (C=O) groups excluding carboxylic acids is 1. The van der Waals surface area contributed by atoms with Crippen LogP contribution >= 0.6 is 0 Å². The predicted molar refractivity (Wildman–Crippen MR) is 206 cm³/mol. The molecule has 4 aliphatic carbocycles. The molecule has 294 valence electrons. The molecule has 6 rings (SSSR count). The maximum atomic E-state index is 15.6. The molecule has 1 heterocycles. The molecule has 8 heteroatoms. The Morgan fingerprint density at radius 2 is 1.74 bits per heavy atom. The number of fused-ring (bicyclic) bond motifs is 3. The molecule has 1 aromatic carbocycles.